The lowest BCUT2D eigenvalue weighted by Gasteiger charge is -2.05. The van der Waals surface area contributed by atoms with Gasteiger partial charge in [-0.15, -0.1) is 0 Å². The van der Waals surface area contributed by atoms with E-state index in [1.54, 1.807) is 16.9 Å². The zero-order valence-electron chi connectivity index (χ0n) is 10.4. The summed E-state index contributed by atoms with van der Waals surface area (Å²) in [6.45, 7) is 4.14. The highest BCUT2D eigenvalue weighted by molar-refractivity contribution is 7.80. The third-order valence-corrected chi connectivity index (χ3v) is 2.85. The van der Waals surface area contributed by atoms with E-state index in [-0.39, 0.29) is 4.99 Å². The smallest absolute Gasteiger partial charge is 0.251 e. The van der Waals surface area contributed by atoms with Crippen LogP contribution < -0.4 is 5.73 Å². The van der Waals surface area contributed by atoms with E-state index in [2.05, 4.69) is 35.0 Å². The van der Waals surface area contributed by atoms with Crippen LogP contribution >= 0.6 is 12.2 Å². The normalized spacial score (nSPS) is 10.6. The van der Waals surface area contributed by atoms with Crippen molar-refractivity contribution in [2.45, 2.75) is 26.7 Å². The molecule has 0 radical (unpaired) electrons. The Kier molecular flexibility index (Phi) is 3.66. The second-order valence-electron chi connectivity index (χ2n) is 3.85. The van der Waals surface area contributed by atoms with Crippen molar-refractivity contribution in [2.75, 3.05) is 0 Å². The van der Waals surface area contributed by atoms with Crippen LogP contribution in [0.2, 0.25) is 0 Å². The number of aryl methyl sites for hydroxylation is 2. The van der Waals surface area contributed by atoms with Gasteiger partial charge in [0.15, 0.2) is 0 Å². The number of rotatable bonds is 4. The Morgan fingerprint density at radius 3 is 2.78 bits per heavy atom. The molecule has 0 amide bonds. The predicted octanol–water partition coefficient (Wildman–Crippen LogP) is 1.42. The first-order chi connectivity index (χ1) is 8.65. The average molecular weight is 261 g/mol. The third kappa shape index (κ3) is 2.38. The highest BCUT2D eigenvalue weighted by Gasteiger charge is 2.10. The fraction of sp³-hybridized carbons (Fsp3) is 0.333. The summed E-state index contributed by atoms with van der Waals surface area (Å²) >= 11 is 4.92. The minimum Gasteiger partial charge on any atom is -0.388 e. The third-order valence-electron chi connectivity index (χ3n) is 2.64. The van der Waals surface area contributed by atoms with E-state index >= 15 is 0 Å². The van der Waals surface area contributed by atoms with Crippen molar-refractivity contribution in [1.82, 2.24) is 19.7 Å². The zero-order valence-corrected chi connectivity index (χ0v) is 11.2. The van der Waals surface area contributed by atoms with Crippen LogP contribution in [-0.2, 0) is 12.8 Å². The van der Waals surface area contributed by atoms with Gasteiger partial charge in [0, 0.05) is 11.9 Å². The number of hydrogen-bond donors (Lipinski definition) is 1. The van der Waals surface area contributed by atoms with Gasteiger partial charge in [0.2, 0.25) is 0 Å². The largest absolute Gasteiger partial charge is 0.388 e. The molecule has 0 aliphatic heterocycles. The fourth-order valence-corrected chi connectivity index (χ4v) is 1.77. The van der Waals surface area contributed by atoms with Gasteiger partial charge in [0.05, 0.1) is 5.69 Å². The van der Waals surface area contributed by atoms with Crippen LogP contribution in [0.5, 0.6) is 0 Å². The van der Waals surface area contributed by atoms with Gasteiger partial charge < -0.3 is 5.73 Å². The Labute approximate surface area is 111 Å². The van der Waals surface area contributed by atoms with E-state index in [1.807, 2.05) is 0 Å². The summed E-state index contributed by atoms with van der Waals surface area (Å²) in [7, 11) is 0. The second kappa shape index (κ2) is 5.22. The van der Waals surface area contributed by atoms with Crippen molar-refractivity contribution >= 4 is 17.2 Å². The van der Waals surface area contributed by atoms with Crippen LogP contribution in [0.15, 0.2) is 18.3 Å². The van der Waals surface area contributed by atoms with Crippen LogP contribution in [0.1, 0.15) is 30.9 Å². The maximum Gasteiger partial charge on any atom is 0.251 e. The molecule has 2 heterocycles. The summed E-state index contributed by atoms with van der Waals surface area (Å²) in [4.78, 5) is 8.81. The topological polar surface area (TPSA) is 69.6 Å². The summed E-state index contributed by atoms with van der Waals surface area (Å²) < 4.78 is 1.75. The minimum absolute atomic E-state index is 0.263. The number of hydrogen-bond acceptors (Lipinski definition) is 4. The van der Waals surface area contributed by atoms with E-state index in [4.69, 9.17) is 18.0 Å². The van der Waals surface area contributed by atoms with Gasteiger partial charge in [-0.3, -0.25) is 0 Å². The molecule has 6 heteroatoms. The monoisotopic (exact) mass is 261 g/mol. The molecular weight excluding hydrogens is 246 g/mol. The van der Waals surface area contributed by atoms with Gasteiger partial charge in [-0.1, -0.05) is 26.1 Å². The molecule has 0 fully saturated rings. The molecule has 2 N–H and O–H groups in total. The molecule has 0 atom stereocenters. The molecule has 94 valence electrons. The molecule has 0 aliphatic rings. The van der Waals surface area contributed by atoms with E-state index < -0.39 is 0 Å². The number of aromatic nitrogens is 4. The number of nitrogens with two attached hydrogens (primary N) is 1. The van der Waals surface area contributed by atoms with Gasteiger partial charge in [-0.05, 0) is 25.0 Å². The van der Waals surface area contributed by atoms with Crippen molar-refractivity contribution in [3.8, 4) is 5.95 Å². The predicted molar refractivity (Wildman–Crippen MR) is 73.8 cm³/mol. The first-order valence-electron chi connectivity index (χ1n) is 5.86. The quantitative estimate of drug-likeness (QED) is 0.843. The Morgan fingerprint density at radius 1 is 1.39 bits per heavy atom. The first kappa shape index (κ1) is 12.6. The van der Waals surface area contributed by atoms with Gasteiger partial charge >= 0.3 is 0 Å². The molecule has 2 aromatic rings. The molecule has 18 heavy (non-hydrogen) atoms. The standard InChI is InChI=1S/C12H15N5S/c1-3-8-7-9(4-2)17(16-8)12-14-6-5-10(15-12)11(13)18/h5-7H,3-4H2,1-2H3,(H2,13,18). The van der Waals surface area contributed by atoms with Gasteiger partial charge in [-0.2, -0.15) is 5.10 Å². The maximum atomic E-state index is 5.57. The summed E-state index contributed by atoms with van der Waals surface area (Å²) in [5.41, 5.74) is 8.24. The SMILES string of the molecule is CCc1cc(CC)n(-c2nccc(C(N)=S)n2)n1. The van der Waals surface area contributed by atoms with Crippen LogP contribution in [0.3, 0.4) is 0 Å². The van der Waals surface area contributed by atoms with Crippen LogP contribution in [0.25, 0.3) is 5.95 Å². The Hall–Kier alpha value is -1.82. The van der Waals surface area contributed by atoms with Crippen LogP contribution in [-0.4, -0.2) is 24.7 Å². The highest BCUT2D eigenvalue weighted by atomic mass is 32.1. The van der Waals surface area contributed by atoms with E-state index in [0.29, 0.717) is 11.6 Å². The van der Waals surface area contributed by atoms with Crippen LogP contribution in [0, 0.1) is 0 Å². The number of thiocarbonyl (C=S) groups is 1. The molecule has 0 saturated heterocycles. The second-order valence-corrected chi connectivity index (χ2v) is 4.29. The number of nitrogens with zero attached hydrogens (tertiary/aromatic N) is 4. The molecule has 2 rings (SSSR count). The maximum absolute atomic E-state index is 5.57. The summed E-state index contributed by atoms with van der Waals surface area (Å²) in [6, 6.07) is 3.76. The van der Waals surface area contributed by atoms with Gasteiger partial charge in [0.1, 0.15) is 10.7 Å². The van der Waals surface area contributed by atoms with Gasteiger partial charge in [0.25, 0.3) is 5.95 Å². The molecule has 5 nitrogen and oxygen atoms in total. The molecule has 0 saturated carbocycles. The molecule has 0 unspecified atom stereocenters. The van der Waals surface area contributed by atoms with Crippen LogP contribution in [0.4, 0.5) is 0 Å². The summed E-state index contributed by atoms with van der Waals surface area (Å²) in [5, 5.41) is 4.48. The molecule has 0 aliphatic carbocycles. The van der Waals surface area contributed by atoms with Crippen molar-refractivity contribution in [3.05, 3.63) is 35.4 Å². The Morgan fingerprint density at radius 2 is 2.17 bits per heavy atom. The Balaban J connectivity index is 2.50. The molecule has 0 aromatic carbocycles. The lowest BCUT2D eigenvalue weighted by atomic mass is 10.3. The summed E-state index contributed by atoms with van der Waals surface area (Å²) in [6.07, 6.45) is 3.40. The van der Waals surface area contributed by atoms with Crippen molar-refractivity contribution < 1.29 is 0 Å². The average Bonchev–Trinajstić information content (AvgIpc) is 2.82. The van der Waals surface area contributed by atoms with E-state index in [9.17, 15) is 0 Å². The van der Waals surface area contributed by atoms with Crippen molar-refractivity contribution in [1.29, 1.82) is 0 Å². The summed E-state index contributed by atoms with van der Waals surface area (Å²) in [5.74, 6) is 0.511. The van der Waals surface area contributed by atoms with Crippen molar-refractivity contribution in [3.63, 3.8) is 0 Å². The van der Waals surface area contributed by atoms with E-state index in [1.165, 1.54) is 0 Å². The zero-order chi connectivity index (χ0) is 13.1. The molecule has 0 bridgehead atoms. The lowest BCUT2D eigenvalue weighted by molar-refractivity contribution is 0.745. The fourth-order valence-electron chi connectivity index (χ4n) is 1.66. The minimum atomic E-state index is 0.263. The van der Waals surface area contributed by atoms with Gasteiger partial charge in [-0.25, -0.2) is 14.6 Å². The molecule has 2 aromatic heterocycles. The Bertz CT molecular complexity index is 576. The van der Waals surface area contributed by atoms with Crippen molar-refractivity contribution in [2.24, 2.45) is 5.73 Å². The first-order valence-corrected chi connectivity index (χ1v) is 6.27. The lowest BCUT2D eigenvalue weighted by Crippen LogP contribution is -2.15. The van der Waals surface area contributed by atoms with E-state index in [0.717, 1.165) is 24.2 Å². The highest BCUT2D eigenvalue weighted by Crippen LogP contribution is 2.11. The molecule has 0 spiro atoms. The molecular formula is C12H15N5S.